The summed E-state index contributed by atoms with van der Waals surface area (Å²) in [5.41, 5.74) is 2.34. The van der Waals surface area contributed by atoms with Crippen LogP contribution in [0.5, 0.6) is 5.75 Å². The first kappa shape index (κ1) is 23.8. The van der Waals surface area contributed by atoms with Crippen LogP contribution in [-0.2, 0) is 19.6 Å². The second kappa shape index (κ2) is 11.2. The maximum absolute atomic E-state index is 14.1. The number of aromatic nitrogens is 4. The standard InChI is InChI=1S/C25H25FN6O3/c1-35-21-6-5-19(22(26)14-21)15-29-25(34)18-3-2-4-20(13-18)28-16-23-30-31-24(32(23)11-12-33)17-7-9-27-10-8-17/h2-10,13-14,28,33H,11-12,15-16H2,1H3,(H,29,34). The summed E-state index contributed by atoms with van der Waals surface area (Å²) in [6.07, 6.45) is 3.34. The predicted molar refractivity (Wildman–Crippen MR) is 128 cm³/mol. The van der Waals surface area contributed by atoms with E-state index in [4.69, 9.17) is 4.74 Å². The lowest BCUT2D eigenvalue weighted by Gasteiger charge is -2.11. The number of rotatable bonds is 10. The molecule has 0 atom stereocenters. The molecule has 0 spiro atoms. The smallest absolute Gasteiger partial charge is 0.251 e. The van der Waals surface area contributed by atoms with Crippen molar-refractivity contribution in [3.05, 3.63) is 89.8 Å². The van der Waals surface area contributed by atoms with Gasteiger partial charge in [-0.15, -0.1) is 10.2 Å². The lowest BCUT2D eigenvalue weighted by Crippen LogP contribution is -2.23. The second-order valence-corrected chi connectivity index (χ2v) is 7.63. The summed E-state index contributed by atoms with van der Waals surface area (Å²) in [6.45, 7) is 0.661. The van der Waals surface area contributed by atoms with E-state index in [1.807, 2.05) is 22.8 Å². The first-order valence-corrected chi connectivity index (χ1v) is 11.0. The Labute approximate surface area is 201 Å². The normalized spacial score (nSPS) is 10.7. The molecule has 0 unspecified atom stereocenters. The maximum atomic E-state index is 14.1. The van der Waals surface area contributed by atoms with Gasteiger partial charge in [0, 0.05) is 53.9 Å². The van der Waals surface area contributed by atoms with Crippen molar-refractivity contribution in [3.8, 4) is 17.1 Å². The number of nitrogens with one attached hydrogen (secondary N) is 2. The molecule has 0 aliphatic heterocycles. The average Bonchev–Trinajstić information content (AvgIpc) is 3.29. The number of aliphatic hydroxyl groups is 1. The summed E-state index contributed by atoms with van der Waals surface area (Å²) in [5.74, 6) is 0.914. The van der Waals surface area contributed by atoms with Gasteiger partial charge < -0.3 is 25.0 Å². The van der Waals surface area contributed by atoms with Crippen molar-refractivity contribution in [2.45, 2.75) is 19.6 Å². The van der Waals surface area contributed by atoms with Gasteiger partial charge >= 0.3 is 0 Å². The molecule has 0 saturated heterocycles. The van der Waals surface area contributed by atoms with E-state index in [0.29, 0.717) is 47.3 Å². The fraction of sp³-hybridized carbons (Fsp3) is 0.200. The molecule has 0 fully saturated rings. The molecule has 4 aromatic rings. The minimum Gasteiger partial charge on any atom is -0.497 e. The van der Waals surface area contributed by atoms with Gasteiger partial charge in [0.15, 0.2) is 11.6 Å². The number of hydrogen-bond donors (Lipinski definition) is 3. The molecule has 0 aliphatic rings. The van der Waals surface area contributed by atoms with Crippen LogP contribution in [0.3, 0.4) is 0 Å². The highest BCUT2D eigenvalue weighted by atomic mass is 19.1. The fourth-order valence-corrected chi connectivity index (χ4v) is 3.54. The van der Waals surface area contributed by atoms with E-state index in [1.54, 1.807) is 42.7 Å². The number of aliphatic hydroxyl groups excluding tert-OH is 1. The van der Waals surface area contributed by atoms with Gasteiger partial charge in [-0.05, 0) is 36.4 Å². The van der Waals surface area contributed by atoms with Crippen molar-refractivity contribution in [1.29, 1.82) is 0 Å². The largest absolute Gasteiger partial charge is 0.497 e. The number of pyridine rings is 1. The zero-order valence-corrected chi connectivity index (χ0v) is 19.1. The Bertz CT molecular complexity index is 1300. The summed E-state index contributed by atoms with van der Waals surface area (Å²) in [6, 6.07) is 15.1. The highest BCUT2D eigenvalue weighted by Gasteiger charge is 2.14. The molecule has 4 rings (SSSR count). The van der Waals surface area contributed by atoms with Gasteiger partial charge in [-0.25, -0.2) is 4.39 Å². The lowest BCUT2D eigenvalue weighted by atomic mass is 10.1. The number of amides is 1. The van der Waals surface area contributed by atoms with Crippen LogP contribution < -0.4 is 15.4 Å². The van der Waals surface area contributed by atoms with Crippen LogP contribution in [0.2, 0.25) is 0 Å². The number of nitrogens with zero attached hydrogens (tertiary/aromatic N) is 4. The molecule has 10 heteroatoms. The summed E-state index contributed by atoms with van der Waals surface area (Å²) in [7, 11) is 1.47. The third-order valence-corrected chi connectivity index (χ3v) is 5.36. The van der Waals surface area contributed by atoms with E-state index >= 15 is 0 Å². The van der Waals surface area contributed by atoms with E-state index in [-0.39, 0.29) is 19.1 Å². The number of carbonyl (C=O) groups is 1. The van der Waals surface area contributed by atoms with Crippen LogP contribution in [0.1, 0.15) is 21.7 Å². The first-order valence-electron chi connectivity index (χ1n) is 11.0. The van der Waals surface area contributed by atoms with Gasteiger partial charge in [0.1, 0.15) is 11.6 Å². The zero-order valence-electron chi connectivity index (χ0n) is 19.1. The first-order chi connectivity index (χ1) is 17.1. The molecule has 0 bridgehead atoms. The Morgan fingerprint density at radius 2 is 1.91 bits per heavy atom. The molecule has 3 N–H and O–H groups in total. The van der Waals surface area contributed by atoms with E-state index < -0.39 is 5.82 Å². The predicted octanol–water partition coefficient (Wildman–Crippen LogP) is 3.02. The van der Waals surface area contributed by atoms with Gasteiger partial charge in [0.05, 0.1) is 20.3 Å². The Morgan fingerprint density at radius 3 is 2.66 bits per heavy atom. The summed E-state index contributed by atoms with van der Waals surface area (Å²) < 4.78 is 21.0. The number of halogens is 1. The Balaban J connectivity index is 1.42. The van der Waals surface area contributed by atoms with Crippen molar-refractivity contribution in [3.63, 3.8) is 0 Å². The van der Waals surface area contributed by atoms with Gasteiger partial charge in [-0.2, -0.15) is 0 Å². The lowest BCUT2D eigenvalue weighted by molar-refractivity contribution is 0.0950. The topological polar surface area (TPSA) is 114 Å². The molecule has 0 radical (unpaired) electrons. The molecular formula is C25H25FN6O3. The monoisotopic (exact) mass is 476 g/mol. The Kier molecular flexibility index (Phi) is 7.63. The van der Waals surface area contributed by atoms with Crippen LogP contribution in [-0.4, -0.2) is 44.5 Å². The fourth-order valence-electron chi connectivity index (χ4n) is 3.54. The Morgan fingerprint density at radius 1 is 1.09 bits per heavy atom. The van der Waals surface area contributed by atoms with Crippen LogP contribution >= 0.6 is 0 Å². The molecule has 0 saturated carbocycles. The highest BCUT2D eigenvalue weighted by Crippen LogP contribution is 2.19. The van der Waals surface area contributed by atoms with Crippen molar-refractivity contribution < 1.29 is 19.0 Å². The van der Waals surface area contributed by atoms with Crippen LogP contribution in [0.4, 0.5) is 10.1 Å². The summed E-state index contributed by atoms with van der Waals surface area (Å²) in [5, 5.41) is 24.0. The molecule has 2 aromatic heterocycles. The minimum absolute atomic E-state index is 0.0500. The van der Waals surface area contributed by atoms with Crippen molar-refractivity contribution in [1.82, 2.24) is 25.1 Å². The number of carbonyl (C=O) groups excluding carboxylic acids is 1. The van der Waals surface area contributed by atoms with Gasteiger partial charge in [-0.3, -0.25) is 9.78 Å². The molecule has 2 heterocycles. The molecule has 0 aliphatic carbocycles. The van der Waals surface area contributed by atoms with Gasteiger partial charge in [-0.1, -0.05) is 12.1 Å². The molecule has 9 nitrogen and oxygen atoms in total. The molecule has 180 valence electrons. The number of anilines is 1. The Hall–Kier alpha value is -4.31. The SMILES string of the molecule is COc1ccc(CNC(=O)c2cccc(NCc3nnc(-c4ccncc4)n3CCO)c2)c(F)c1. The quantitative estimate of drug-likeness (QED) is 0.322. The molecule has 35 heavy (non-hydrogen) atoms. The van der Waals surface area contributed by atoms with Crippen LogP contribution in [0.15, 0.2) is 67.0 Å². The van der Waals surface area contributed by atoms with E-state index in [1.165, 1.54) is 13.2 Å². The van der Waals surface area contributed by atoms with Crippen molar-refractivity contribution in [2.24, 2.45) is 0 Å². The van der Waals surface area contributed by atoms with E-state index in [9.17, 15) is 14.3 Å². The highest BCUT2D eigenvalue weighted by molar-refractivity contribution is 5.95. The van der Waals surface area contributed by atoms with Crippen LogP contribution in [0.25, 0.3) is 11.4 Å². The maximum Gasteiger partial charge on any atom is 0.251 e. The summed E-state index contributed by atoms with van der Waals surface area (Å²) >= 11 is 0. The van der Waals surface area contributed by atoms with E-state index in [2.05, 4.69) is 25.8 Å². The molecular weight excluding hydrogens is 451 g/mol. The number of methoxy groups -OCH3 is 1. The molecule has 1 amide bonds. The molecule has 2 aromatic carbocycles. The average molecular weight is 477 g/mol. The van der Waals surface area contributed by atoms with Gasteiger partial charge in [0.25, 0.3) is 5.91 Å². The number of benzene rings is 2. The van der Waals surface area contributed by atoms with Gasteiger partial charge in [0.2, 0.25) is 0 Å². The summed E-state index contributed by atoms with van der Waals surface area (Å²) in [4.78, 5) is 16.7. The van der Waals surface area contributed by atoms with E-state index in [0.717, 1.165) is 5.56 Å². The van der Waals surface area contributed by atoms with Crippen LogP contribution in [0, 0.1) is 5.82 Å². The second-order valence-electron chi connectivity index (χ2n) is 7.63. The third kappa shape index (κ3) is 5.79. The van der Waals surface area contributed by atoms with Crippen molar-refractivity contribution in [2.75, 3.05) is 19.0 Å². The minimum atomic E-state index is -0.446. The third-order valence-electron chi connectivity index (χ3n) is 5.36. The number of hydrogen-bond acceptors (Lipinski definition) is 7. The zero-order chi connectivity index (χ0) is 24.6. The number of ether oxygens (including phenoxy) is 1. The van der Waals surface area contributed by atoms with Crippen molar-refractivity contribution >= 4 is 11.6 Å².